The van der Waals surface area contributed by atoms with Crippen molar-refractivity contribution in [1.82, 2.24) is 14.8 Å². The standard InChI is InChI=1S/C20H18BrN5O2/c21-16-8-4-5-9-17(16)26-12-15(10-18(26)27)19(28)23-20-22-13-25(24-20)11-14-6-2-1-3-7-14/h1-9,13,15H,10-12H2,(H,23,24,28). The van der Waals surface area contributed by atoms with Crippen LogP contribution in [-0.4, -0.2) is 33.1 Å². The van der Waals surface area contributed by atoms with Crippen LogP contribution in [0, 0.1) is 5.92 Å². The van der Waals surface area contributed by atoms with Gasteiger partial charge >= 0.3 is 0 Å². The van der Waals surface area contributed by atoms with Crippen molar-refractivity contribution in [3.63, 3.8) is 0 Å². The van der Waals surface area contributed by atoms with Crippen LogP contribution in [0.3, 0.4) is 0 Å². The fourth-order valence-corrected chi connectivity index (χ4v) is 3.70. The van der Waals surface area contributed by atoms with Gasteiger partial charge < -0.3 is 4.90 Å². The highest BCUT2D eigenvalue weighted by Crippen LogP contribution is 2.31. The molecule has 0 bridgehead atoms. The van der Waals surface area contributed by atoms with E-state index in [1.807, 2.05) is 54.6 Å². The first-order valence-corrected chi connectivity index (χ1v) is 9.68. The number of nitrogens with one attached hydrogen (secondary N) is 1. The van der Waals surface area contributed by atoms with Gasteiger partial charge in [-0.3, -0.25) is 14.9 Å². The summed E-state index contributed by atoms with van der Waals surface area (Å²) in [6.07, 6.45) is 1.74. The SMILES string of the molecule is O=C(Nc1ncn(Cc2ccccc2)n1)C1CC(=O)N(c2ccccc2Br)C1. The minimum absolute atomic E-state index is 0.0744. The number of nitrogens with zero attached hydrogens (tertiary/aromatic N) is 4. The number of aromatic nitrogens is 3. The minimum Gasteiger partial charge on any atom is -0.310 e. The van der Waals surface area contributed by atoms with E-state index in [0.717, 1.165) is 15.7 Å². The highest BCUT2D eigenvalue weighted by molar-refractivity contribution is 9.10. The Labute approximate surface area is 170 Å². The molecule has 1 aliphatic rings. The third kappa shape index (κ3) is 3.96. The molecule has 2 aromatic carbocycles. The average molecular weight is 440 g/mol. The molecule has 1 atom stereocenters. The van der Waals surface area contributed by atoms with Gasteiger partial charge in [0, 0.05) is 17.4 Å². The number of amides is 2. The zero-order chi connectivity index (χ0) is 19.5. The molecular weight excluding hydrogens is 422 g/mol. The van der Waals surface area contributed by atoms with Crippen LogP contribution in [0.25, 0.3) is 0 Å². The summed E-state index contributed by atoms with van der Waals surface area (Å²) in [5, 5.41) is 7.02. The van der Waals surface area contributed by atoms with Crippen molar-refractivity contribution in [2.75, 3.05) is 16.8 Å². The predicted molar refractivity (Wildman–Crippen MR) is 109 cm³/mol. The first-order chi connectivity index (χ1) is 13.6. The summed E-state index contributed by atoms with van der Waals surface area (Å²) in [6.45, 7) is 0.902. The van der Waals surface area contributed by atoms with Gasteiger partial charge in [0.25, 0.3) is 0 Å². The lowest BCUT2D eigenvalue weighted by atomic mass is 10.1. The Kier molecular flexibility index (Phi) is 5.21. The molecule has 0 radical (unpaired) electrons. The Hall–Kier alpha value is -3.00. The van der Waals surface area contributed by atoms with E-state index in [0.29, 0.717) is 13.1 Å². The van der Waals surface area contributed by atoms with Crippen LogP contribution in [0.4, 0.5) is 11.6 Å². The Morgan fingerprint density at radius 1 is 1.14 bits per heavy atom. The van der Waals surface area contributed by atoms with Crippen molar-refractivity contribution in [1.29, 1.82) is 0 Å². The second kappa shape index (κ2) is 7.93. The summed E-state index contributed by atoms with van der Waals surface area (Å²) in [5.74, 6) is -0.525. The van der Waals surface area contributed by atoms with Gasteiger partial charge in [0.2, 0.25) is 17.8 Å². The molecule has 0 saturated carbocycles. The molecule has 28 heavy (non-hydrogen) atoms. The van der Waals surface area contributed by atoms with E-state index in [-0.39, 0.29) is 24.2 Å². The molecule has 1 saturated heterocycles. The van der Waals surface area contributed by atoms with Crippen molar-refractivity contribution in [2.45, 2.75) is 13.0 Å². The van der Waals surface area contributed by atoms with E-state index in [2.05, 4.69) is 31.3 Å². The molecule has 3 aromatic rings. The maximum absolute atomic E-state index is 12.6. The molecule has 0 spiro atoms. The number of hydrogen-bond donors (Lipinski definition) is 1. The monoisotopic (exact) mass is 439 g/mol. The van der Waals surface area contributed by atoms with Crippen molar-refractivity contribution < 1.29 is 9.59 Å². The van der Waals surface area contributed by atoms with Crippen LogP contribution in [0.1, 0.15) is 12.0 Å². The second-order valence-corrected chi connectivity index (χ2v) is 7.45. The van der Waals surface area contributed by atoms with E-state index >= 15 is 0 Å². The van der Waals surface area contributed by atoms with E-state index < -0.39 is 5.92 Å². The highest BCUT2D eigenvalue weighted by Gasteiger charge is 2.36. The van der Waals surface area contributed by atoms with Crippen molar-refractivity contribution in [3.05, 3.63) is 71.0 Å². The first kappa shape index (κ1) is 18.4. The van der Waals surface area contributed by atoms with Gasteiger partial charge in [-0.05, 0) is 33.6 Å². The highest BCUT2D eigenvalue weighted by atomic mass is 79.9. The number of hydrogen-bond acceptors (Lipinski definition) is 4. The molecule has 7 nitrogen and oxygen atoms in total. The number of anilines is 2. The number of rotatable bonds is 5. The van der Waals surface area contributed by atoms with Crippen LogP contribution >= 0.6 is 15.9 Å². The summed E-state index contributed by atoms with van der Waals surface area (Å²) < 4.78 is 2.49. The quantitative estimate of drug-likeness (QED) is 0.662. The Bertz CT molecular complexity index is 1000. The summed E-state index contributed by atoms with van der Waals surface area (Å²) >= 11 is 3.46. The molecule has 2 heterocycles. The van der Waals surface area contributed by atoms with E-state index in [4.69, 9.17) is 0 Å². The molecule has 2 amide bonds. The molecule has 1 unspecified atom stereocenters. The summed E-state index contributed by atoms with van der Waals surface area (Å²) in [7, 11) is 0. The van der Waals surface area contributed by atoms with Crippen LogP contribution in [0.2, 0.25) is 0 Å². The summed E-state index contributed by atoms with van der Waals surface area (Å²) in [5.41, 5.74) is 1.86. The van der Waals surface area contributed by atoms with Gasteiger partial charge in [-0.25, -0.2) is 9.67 Å². The lowest BCUT2D eigenvalue weighted by molar-refractivity contribution is -0.122. The molecular formula is C20H18BrN5O2. The van der Waals surface area contributed by atoms with Crippen molar-refractivity contribution in [3.8, 4) is 0 Å². The molecule has 1 N–H and O–H groups in total. The maximum Gasteiger partial charge on any atom is 0.248 e. The van der Waals surface area contributed by atoms with Gasteiger partial charge in [0.15, 0.2) is 0 Å². The third-order valence-electron chi connectivity index (χ3n) is 4.60. The Morgan fingerprint density at radius 2 is 1.89 bits per heavy atom. The second-order valence-electron chi connectivity index (χ2n) is 6.60. The lowest BCUT2D eigenvalue weighted by Crippen LogP contribution is -2.28. The van der Waals surface area contributed by atoms with Gasteiger partial charge in [-0.2, -0.15) is 0 Å². The molecule has 142 valence electrons. The fraction of sp³-hybridized carbons (Fsp3) is 0.200. The Morgan fingerprint density at radius 3 is 2.68 bits per heavy atom. The largest absolute Gasteiger partial charge is 0.310 e. The molecule has 1 fully saturated rings. The van der Waals surface area contributed by atoms with Crippen LogP contribution in [-0.2, 0) is 16.1 Å². The number of benzene rings is 2. The average Bonchev–Trinajstić information content (AvgIpc) is 3.29. The molecule has 0 aliphatic carbocycles. The van der Waals surface area contributed by atoms with Crippen molar-refractivity contribution in [2.24, 2.45) is 5.92 Å². The number of carbonyl (C=O) groups excluding carboxylic acids is 2. The molecule has 8 heteroatoms. The lowest BCUT2D eigenvalue weighted by Gasteiger charge is -2.18. The van der Waals surface area contributed by atoms with Gasteiger partial charge in [0.1, 0.15) is 6.33 Å². The van der Waals surface area contributed by atoms with Crippen LogP contribution in [0.15, 0.2) is 65.4 Å². The van der Waals surface area contributed by atoms with E-state index in [1.54, 1.807) is 15.9 Å². The van der Waals surface area contributed by atoms with Crippen molar-refractivity contribution >= 4 is 39.4 Å². The van der Waals surface area contributed by atoms with Crippen LogP contribution < -0.4 is 10.2 Å². The van der Waals surface area contributed by atoms with E-state index in [9.17, 15) is 9.59 Å². The summed E-state index contributed by atoms with van der Waals surface area (Å²) in [6, 6.07) is 17.4. The minimum atomic E-state index is -0.444. The Balaban J connectivity index is 1.39. The number of para-hydroxylation sites is 1. The number of carbonyl (C=O) groups is 2. The number of halogens is 1. The van der Waals surface area contributed by atoms with E-state index in [1.165, 1.54) is 0 Å². The fourth-order valence-electron chi connectivity index (χ4n) is 3.20. The van der Waals surface area contributed by atoms with Gasteiger partial charge in [-0.15, -0.1) is 5.10 Å². The van der Waals surface area contributed by atoms with Gasteiger partial charge in [0.05, 0.1) is 18.2 Å². The third-order valence-corrected chi connectivity index (χ3v) is 5.27. The zero-order valence-corrected chi connectivity index (χ0v) is 16.5. The molecule has 1 aromatic heterocycles. The predicted octanol–water partition coefficient (Wildman–Crippen LogP) is 3.08. The normalized spacial score (nSPS) is 16.4. The smallest absolute Gasteiger partial charge is 0.248 e. The van der Waals surface area contributed by atoms with Gasteiger partial charge in [-0.1, -0.05) is 42.5 Å². The first-order valence-electron chi connectivity index (χ1n) is 8.89. The molecule has 4 rings (SSSR count). The topological polar surface area (TPSA) is 80.1 Å². The zero-order valence-electron chi connectivity index (χ0n) is 15.0. The summed E-state index contributed by atoms with van der Waals surface area (Å²) in [4.78, 5) is 30.8. The molecule has 1 aliphatic heterocycles. The maximum atomic E-state index is 12.6. The van der Waals surface area contributed by atoms with Crippen LogP contribution in [0.5, 0.6) is 0 Å².